The summed E-state index contributed by atoms with van der Waals surface area (Å²) in [6.07, 6.45) is 3.18. The molecule has 1 aromatic rings. The molecule has 0 radical (unpaired) electrons. The summed E-state index contributed by atoms with van der Waals surface area (Å²) in [5.41, 5.74) is 1.50. The Morgan fingerprint density at radius 3 is 2.63 bits per heavy atom. The molecule has 1 unspecified atom stereocenters. The fraction of sp³-hybridized carbons (Fsp3) is 0.462. The summed E-state index contributed by atoms with van der Waals surface area (Å²) in [6.45, 7) is 5.57. The van der Waals surface area contributed by atoms with Crippen LogP contribution in [0.25, 0.3) is 0 Å². The molecule has 6 heteroatoms. The van der Waals surface area contributed by atoms with Gasteiger partial charge in [-0.3, -0.25) is 9.78 Å². The molecule has 0 bridgehead atoms. The van der Waals surface area contributed by atoms with Crippen molar-refractivity contribution < 1.29 is 14.7 Å². The molecule has 6 nitrogen and oxygen atoms in total. The van der Waals surface area contributed by atoms with Crippen LogP contribution in [0.4, 0.5) is 10.5 Å². The van der Waals surface area contributed by atoms with Crippen LogP contribution in [0.2, 0.25) is 0 Å². The van der Waals surface area contributed by atoms with E-state index in [1.807, 2.05) is 20.8 Å². The zero-order valence-corrected chi connectivity index (χ0v) is 11.3. The van der Waals surface area contributed by atoms with Crippen LogP contribution < -0.4 is 10.6 Å². The summed E-state index contributed by atoms with van der Waals surface area (Å²) in [7, 11) is 0. The highest BCUT2D eigenvalue weighted by atomic mass is 16.4. The van der Waals surface area contributed by atoms with Crippen molar-refractivity contribution in [3.05, 3.63) is 24.0 Å². The van der Waals surface area contributed by atoms with Crippen LogP contribution in [-0.4, -0.2) is 28.6 Å². The average Bonchev–Trinajstić information content (AvgIpc) is 2.31. The normalized spacial score (nSPS) is 12.0. The molecular weight excluding hydrogens is 246 g/mol. The van der Waals surface area contributed by atoms with E-state index in [1.165, 1.54) is 0 Å². The van der Waals surface area contributed by atoms with Crippen LogP contribution in [-0.2, 0) is 4.79 Å². The second kappa shape index (κ2) is 6.72. The van der Waals surface area contributed by atoms with Gasteiger partial charge in [-0.25, -0.2) is 4.79 Å². The number of carboxylic acid groups (broad SMARTS) is 1. The molecule has 3 N–H and O–H groups in total. The van der Waals surface area contributed by atoms with Crippen molar-refractivity contribution in [2.45, 2.75) is 20.8 Å². The minimum absolute atomic E-state index is 0.0436. The van der Waals surface area contributed by atoms with E-state index in [0.717, 1.165) is 5.56 Å². The van der Waals surface area contributed by atoms with Gasteiger partial charge in [-0.15, -0.1) is 0 Å². The van der Waals surface area contributed by atoms with Gasteiger partial charge in [0.1, 0.15) is 0 Å². The SMILES string of the molecule is Cc1ccncc1NC(=O)NCC(C(=O)O)C(C)C. The number of carboxylic acids is 1. The Hall–Kier alpha value is -2.11. The van der Waals surface area contributed by atoms with Gasteiger partial charge in [0.2, 0.25) is 0 Å². The number of nitrogens with one attached hydrogen (secondary N) is 2. The minimum atomic E-state index is -0.909. The molecule has 0 spiro atoms. The Kier molecular flexibility index (Phi) is 5.29. The lowest BCUT2D eigenvalue weighted by atomic mass is 9.96. The molecule has 0 aromatic carbocycles. The van der Waals surface area contributed by atoms with Crippen LogP contribution in [0.15, 0.2) is 18.5 Å². The zero-order valence-electron chi connectivity index (χ0n) is 11.3. The molecule has 104 valence electrons. The molecule has 0 aliphatic rings. The van der Waals surface area contributed by atoms with Gasteiger partial charge >= 0.3 is 12.0 Å². The predicted octanol–water partition coefficient (Wildman–Crippen LogP) is 1.87. The number of carbonyl (C=O) groups excluding carboxylic acids is 1. The Balaban J connectivity index is 2.52. The topological polar surface area (TPSA) is 91.3 Å². The monoisotopic (exact) mass is 265 g/mol. The van der Waals surface area contributed by atoms with Crippen molar-refractivity contribution in [2.24, 2.45) is 11.8 Å². The van der Waals surface area contributed by atoms with Crippen molar-refractivity contribution in [3.8, 4) is 0 Å². The Bertz CT molecular complexity index is 460. The molecule has 0 saturated carbocycles. The van der Waals surface area contributed by atoms with Crippen molar-refractivity contribution in [3.63, 3.8) is 0 Å². The molecule has 1 heterocycles. The van der Waals surface area contributed by atoms with Gasteiger partial charge in [0.15, 0.2) is 0 Å². The maximum absolute atomic E-state index is 11.7. The Morgan fingerprint density at radius 1 is 1.42 bits per heavy atom. The molecule has 19 heavy (non-hydrogen) atoms. The van der Waals surface area contributed by atoms with Gasteiger partial charge in [0, 0.05) is 12.7 Å². The number of aromatic nitrogens is 1. The number of aryl methyl sites for hydroxylation is 1. The first-order chi connectivity index (χ1) is 8.91. The number of nitrogens with zero attached hydrogens (tertiary/aromatic N) is 1. The summed E-state index contributed by atoms with van der Waals surface area (Å²) >= 11 is 0. The number of carbonyl (C=O) groups is 2. The lowest BCUT2D eigenvalue weighted by Gasteiger charge is -2.17. The fourth-order valence-electron chi connectivity index (χ4n) is 1.57. The first-order valence-electron chi connectivity index (χ1n) is 6.10. The number of hydrogen-bond donors (Lipinski definition) is 3. The quantitative estimate of drug-likeness (QED) is 0.758. The molecule has 1 aromatic heterocycles. The molecule has 0 fully saturated rings. The van der Waals surface area contributed by atoms with E-state index in [1.54, 1.807) is 18.5 Å². The van der Waals surface area contributed by atoms with Crippen LogP contribution in [0.1, 0.15) is 19.4 Å². The van der Waals surface area contributed by atoms with Gasteiger partial charge in [-0.2, -0.15) is 0 Å². The van der Waals surface area contributed by atoms with E-state index in [9.17, 15) is 9.59 Å². The highest BCUT2D eigenvalue weighted by Gasteiger charge is 2.21. The average molecular weight is 265 g/mol. The number of anilines is 1. The summed E-state index contributed by atoms with van der Waals surface area (Å²) in [6, 6.07) is 1.35. The maximum Gasteiger partial charge on any atom is 0.319 e. The van der Waals surface area contributed by atoms with Gasteiger partial charge in [-0.1, -0.05) is 13.8 Å². The molecule has 0 aliphatic heterocycles. The van der Waals surface area contributed by atoms with E-state index in [2.05, 4.69) is 15.6 Å². The molecule has 1 rings (SSSR count). The second-order valence-electron chi connectivity index (χ2n) is 4.71. The van der Waals surface area contributed by atoms with Crippen molar-refractivity contribution >= 4 is 17.7 Å². The van der Waals surface area contributed by atoms with Crippen molar-refractivity contribution in [1.82, 2.24) is 10.3 Å². The van der Waals surface area contributed by atoms with Crippen molar-refractivity contribution in [1.29, 1.82) is 0 Å². The lowest BCUT2D eigenvalue weighted by molar-refractivity contribution is -0.142. The smallest absolute Gasteiger partial charge is 0.319 e. The summed E-state index contributed by atoms with van der Waals surface area (Å²) in [5, 5.41) is 14.2. The van der Waals surface area contributed by atoms with Gasteiger partial charge < -0.3 is 15.7 Å². The maximum atomic E-state index is 11.7. The van der Waals surface area contributed by atoms with Gasteiger partial charge in [0.05, 0.1) is 17.8 Å². The third-order valence-corrected chi connectivity index (χ3v) is 2.89. The van der Waals surface area contributed by atoms with E-state index in [-0.39, 0.29) is 12.5 Å². The number of hydrogen-bond acceptors (Lipinski definition) is 3. The molecule has 0 aliphatic carbocycles. The summed E-state index contributed by atoms with van der Waals surface area (Å²) in [5.74, 6) is -1.55. The second-order valence-corrected chi connectivity index (χ2v) is 4.71. The number of aliphatic carboxylic acids is 1. The van der Waals surface area contributed by atoms with Gasteiger partial charge in [0.25, 0.3) is 0 Å². The van der Waals surface area contributed by atoms with Crippen LogP contribution in [0.3, 0.4) is 0 Å². The zero-order chi connectivity index (χ0) is 14.4. The summed E-state index contributed by atoms with van der Waals surface area (Å²) < 4.78 is 0. The number of rotatable bonds is 5. The van der Waals surface area contributed by atoms with Gasteiger partial charge in [-0.05, 0) is 24.5 Å². The number of urea groups is 1. The Labute approximate surface area is 112 Å². The Morgan fingerprint density at radius 2 is 2.11 bits per heavy atom. The minimum Gasteiger partial charge on any atom is -0.481 e. The van der Waals surface area contributed by atoms with Crippen LogP contribution >= 0.6 is 0 Å². The van der Waals surface area contributed by atoms with Crippen LogP contribution in [0.5, 0.6) is 0 Å². The van der Waals surface area contributed by atoms with E-state index < -0.39 is 17.9 Å². The number of pyridine rings is 1. The number of amides is 2. The largest absolute Gasteiger partial charge is 0.481 e. The third kappa shape index (κ3) is 4.57. The van der Waals surface area contributed by atoms with E-state index in [0.29, 0.717) is 5.69 Å². The third-order valence-electron chi connectivity index (χ3n) is 2.89. The molecule has 1 atom stereocenters. The van der Waals surface area contributed by atoms with Crippen molar-refractivity contribution in [2.75, 3.05) is 11.9 Å². The highest BCUT2D eigenvalue weighted by molar-refractivity contribution is 5.90. The van der Waals surface area contributed by atoms with E-state index >= 15 is 0 Å². The van der Waals surface area contributed by atoms with E-state index in [4.69, 9.17) is 5.11 Å². The predicted molar refractivity (Wildman–Crippen MR) is 72.0 cm³/mol. The van der Waals surface area contributed by atoms with Crippen LogP contribution in [0, 0.1) is 18.8 Å². The molecule has 2 amide bonds. The first kappa shape index (κ1) is 14.9. The standard InChI is InChI=1S/C13H19N3O3/c1-8(2)10(12(17)18)6-15-13(19)16-11-7-14-5-4-9(11)3/h4-5,7-8,10H,6H2,1-3H3,(H,17,18)(H2,15,16,19). The highest BCUT2D eigenvalue weighted by Crippen LogP contribution is 2.12. The molecule has 0 saturated heterocycles. The molecular formula is C13H19N3O3. The lowest BCUT2D eigenvalue weighted by Crippen LogP contribution is -2.37. The fourth-order valence-corrected chi connectivity index (χ4v) is 1.57. The first-order valence-corrected chi connectivity index (χ1v) is 6.10. The summed E-state index contributed by atoms with van der Waals surface area (Å²) in [4.78, 5) is 26.6.